The number of esters is 1. The Hall–Kier alpha value is -3.65. The summed E-state index contributed by atoms with van der Waals surface area (Å²) in [5.74, 6) is 0.460. The Kier molecular flexibility index (Phi) is 8.81. The molecule has 0 fully saturated rings. The van der Waals surface area contributed by atoms with E-state index in [0.29, 0.717) is 29.2 Å². The molecule has 0 aromatic heterocycles. The highest BCUT2D eigenvalue weighted by molar-refractivity contribution is 9.10. The Morgan fingerprint density at radius 2 is 1.74 bits per heavy atom. The lowest BCUT2D eigenvalue weighted by atomic mass is 10.1. The molecule has 0 atom stereocenters. The van der Waals surface area contributed by atoms with Gasteiger partial charge in [-0.2, -0.15) is 5.10 Å². The van der Waals surface area contributed by atoms with Crippen molar-refractivity contribution in [1.29, 1.82) is 0 Å². The molecule has 3 aromatic rings. The average Bonchev–Trinajstić information content (AvgIpc) is 2.82. The number of halogens is 1. The van der Waals surface area contributed by atoms with Crippen molar-refractivity contribution in [3.05, 3.63) is 87.4 Å². The molecule has 0 unspecified atom stereocenters. The first-order valence-electron chi connectivity index (χ1n) is 10.6. The third-order valence-corrected chi connectivity index (χ3v) is 5.40. The molecule has 0 saturated heterocycles. The number of carbonyl (C=O) groups excluding carboxylic acids is 2. The van der Waals surface area contributed by atoms with Crippen LogP contribution < -0.4 is 19.6 Å². The maximum Gasteiger partial charge on any atom is 0.343 e. The zero-order valence-electron chi connectivity index (χ0n) is 19.1. The number of nitrogens with zero attached hydrogens (tertiary/aromatic N) is 1. The summed E-state index contributed by atoms with van der Waals surface area (Å²) in [4.78, 5) is 24.5. The van der Waals surface area contributed by atoms with Crippen LogP contribution in [0.25, 0.3) is 0 Å². The molecular weight excluding hydrogens is 500 g/mol. The fourth-order valence-electron chi connectivity index (χ4n) is 2.94. The Labute approximate surface area is 206 Å². The van der Waals surface area contributed by atoms with E-state index >= 15 is 0 Å². The quantitative estimate of drug-likeness (QED) is 0.179. The number of hydrazone groups is 1. The molecular formula is C26H25BrN2O5. The van der Waals surface area contributed by atoms with Crippen LogP contribution in [0.5, 0.6) is 17.2 Å². The lowest BCUT2D eigenvalue weighted by molar-refractivity contribution is -0.123. The minimum Gasteiger partial charge on any atom is -0.490 e. The van der Waals surface area contributed by atoms with Crippen molar-refractivity contribution < 1.29 is 23.8 Å². The molecule has 0 radical (unpaired) electrons. The van der Waals surface area contributed by atoms with Crippen molar-refractivity contribution in [3.8, 4) is 17.2 Å². The summed E-state index contributed by atoms with van der Waals surface area (Å²) in [6.07, 6.45) is 1.47. The van der Waals surface area contributed by atoms with Crippen LogP contribution in [0, 0.1) is 13.8 Å². The summed E-state index contributed by atoms with van der Waals surface area (Å²) >= 11 is 3.34. The summed E-state index contributed by atoms with van der Waals surface area (Å²) in [7, 11) is 0. The van der Waals surface area contributed by atoms with Gasteiger partial charge in [-0.05, 0) is 86.0 Å². The smallest absolute Gasteiger partial charge is 0.343 e. The lowest BCUT2D eigenvalue weighted by Crippen LogP contribution is -2.24. The van der Waals surface area contributed by atoms with Crippen LogP contribution >= 0.6 is 15.9 Å². The highest BCUT2D eigenvalue weighted by atomic mass is 79.9. The second kappa shape index (κ2) is 12.0. The molecule has 3 rings (SSSR count). The molecule has 176 valence electrons. The Morgan fingerprint density at radius 1 is 0.971 bits per heavy atom. The monoisotopic (exact) mass is 524 g/mol. The molecule has 0 aliphatic carbocycles. The van der Waals surface area contributed by atoms with Gasteiger partial charge < -0.3 is 14.2 Å². The molecule has 8 heteroatoms. The summed E-state index contributed by atoms with van der Waals surface area (Å²) in [5.41, 5.74) is 5.59. The van der Waals surface area contributed by atoms with Crippen molar-refractivity contribution in [2.45, 2.75) is 20.8 Å². The molecule has 0 aliphatic rings. The number of ether oxygens (including phenoxy) is 3. The van der Waals surface area contributed by atoms with E-state index in [-0.39, 0.29) is 18.3 Å². The predicted octanol–water partition coefficient (Wildman–Crippen LogP) is 5.21. The van der Waals surface area contributed by atoms with Gasteiger partial charge in [0.05, 0.1) is 18.4 Å². The van der Waals surface area contributed by atoms with Gasteiger partial charge >= 0.3 is 5.97 Å². The van der Waals surface area contributed by atoms with Crippen LogP contribution in [0.4, 0.5) is 0 Å². The van der Waals surface area contributed by atoms with E-state index in [0.717, 1.165) is 15.6 Å². The van der Waals surface area contributed by atoms with Gasteiger partial charge in [0.2, 0.25) is 0 Å². The largest absolute Gasteiger partial charge is 0.490 e. The molecule has 7 nitrogen and oxygen atoms in total. The van der Waals surface area contributed by atoms with Crippen LogP contribution in [-0.2, 0) is 4.79 Å². The summed E-state index contributed by atoms with van der Waals surface area (Å²) < 4.78 is 17.6. The fourth-order valence-corrected chi connectivity index (χ4v) is 3.20. The third kappa shape index (κ3) is 6.92. The Morgan fingerprint density at radius 3 is 2.47 bits per heavy atom. The highest BCUT2D eigenvalue weighted by Gasteiger charge is 2.13. The zero-order chi connectivity index (χ0) is 24.5. The molecule has 1 amide bonds. The summed E-state index contributed by atoms with van der Waals surface area (Å²) in [6.45, 7) is 5.98. The number of hydrogen-bond donors (Lipinski definition) is 1. The van der Waals surface area contributed by atoms with Crippen LogP contribution in [0.15, 0.2) is 70.2 Å². The van der Waals surface area contributed by atoms with E-state index in [1.807, 2.05) is 39.0 Å². The molecule has 0 saturated carbocycles. The number of benzene rings is 3. The van der Waals surface area contributed by atoms with Crippen LogP contribution in [0.2, 0.25) is 0 Å². The van der Waals surface area contributed by atoms with E-state index in [1.165, 1.54) is 6.21 Å². The molecule has 0 bridgehead atoms. The first-order valence-corrected chi connectivity index (χ1v) is 11.4. The second-order valence-corrected chi connectivity index (χ2v) is 8.23. The van der Waals surface area contributed by atoms with Gasteiger partial charge in [-0.25, -0.2) is 10.2 Å². The summed E-state index contributed by atoms with van der Waals surface area (Å²) in [6, 6.07) is 17.5. The Bertz CT molecular complexity index is 1190. The minimum absolute atomic E-state index is 0.156. The van der Waals surface area contributed by atoms with Crippen LogP contribution in [-0.4, -0.2) is 31.3 Å². The van der Waals surface area contributed by atoms with E-state index in [9.17, 15) is 9.59 Å². The molecule has 34 heavy (non-hydrogen) atoms. The second-order valence-electron chi connectivity index (χ2n) is 7.32. The van der Waals surface area contributed by atoms with Gasteiger partial charge in [0.1, 0.15) is 5.75 Å². The van der Waals surface area contributed by atoms with Crippen molar-refractivity contribution >= 4 is 34.0 Å². The number of amides is 1. The molecule has 0 spiro atoms. The number of nitrogens with one attached hydrogen (secondary N) is 1. The van der Waals surface area contributed by atoms with Gasteiger partial charge in [0.25, 0.3) is 5.91 Å². The maximum atomic E-state index is 12.4. The fraction of sp³-hybridized carbons (Fsp3) is 0.192. The molecule has 0 heterocycles. The normalized spacial score (nSPS) is 10.7. The van der Waals surface area contributed by atoms with E-state index in [2.05, 4.69) is 26.5 Å². The van der Waals surface area contributed by atoms with Gasteiger partial charge in [-0.15, -0.1) is 0 Å². The Balaban J connectivity index is 1.60. The van der Waals surface area contributed by atoms with E-state index in [1.54, 1.807) is 42.5 Å². The van der Waals surface area contributed by atoms with Gasteiger partial charge in [-0.3, -0.25) is 4.79 Å². The van der Waals surface area contributed by atoms with Crippen molar-refractivity contribution in [3.63, 3.8) is 0 Å². The van der Waals surface area contributed by atoms with E-state index < -0.39 is 5.97 Å². The van der Waals surface area contributed by atoms with Crippen LogP contribution in [0.3, 0.4) is 0 Å². The number of hydrogen-bond acceptors (Lipinski definition) is 6. The van der Waals surface area contributed by atoms with Gasteiger partial charge in [0.15, 0.2) is 18.1 Å². The lowest BCUT2D eigenvalue weighted by Gasteiger charge is -2.11. The SMILES string of the molecule is CCOc1cc(C=NNC(=O)COc2cccc(C)c2C)ccc1OC(=O)c1ccc(Br)cc1. The van der Waals surface area contributed by atoms with E-state index in [4.69, 9.17) is 14.2 Å². The van der Waals surface area contributed by atoms with Gasteiger partial charge in [0, 0.05) is 4.47 Å². The molecule has 3 aromatic carbocycles. The van der Waals surface area contributed by atoms with Gasteiger partial charge in [-0.1, -0.05) is 28.1 Å². The minimum atomic E-state index is -0.494. The first-order chi connectivity index (χ1) is 16.4. The topological polar surface area (TPSA) is 86.2 Å². The summed E-state index contributed by atoms with van der Waals surface area (Å²) in [5, 5.41) is 3.97. The zero-order valence-corrected chi connectivity index (χ0v) is 20.7. The van der Waals surface area contributed by atoms with Crippen LogP contribution in [0.1, 0.15) is 34.0 Å². The third-order valence-electron chi connectivity index (χ3n) is 4.87. The molecule has 1 N–H and O–H groups in total. The average molecular weight is 525 g/mol. The predicted molar refractivity (Wildman–Crippen MR) is 134 cm³/mol. The number of aryl methyl sites for hydroxylation is 1. The standard InChI is InChI=1S/C26H25BrN2O5/c1-4-32-24-14-19(8-13-23(24)34-26(31)20-9-11-21(27)12-10-20)15-28-29-25(30)16-33-22-7-5-6-17(2)18(22)3/h5-15H,4,16H2,1-3H3,(H,29,30). The van der Waals surface area contributed by atoms with Crippen molar-refractivity contribution in [2.24, 2.45) is 5.10 Å². The van der Waals surface area contributed by atoms with Crippen molar-refractivity contribution in [2.75, 3.05) is 13.2 Å². The number of carbonyl (C=O) groups is 2. The highest BCUT2D eigenvalue weighted by Crippen LogP contribution is 2.29. The maximum absolute atomic E-state index is 12.4. The first kappa shape index (κ1) is 25.0. The number of rotatable bonds is 9. The van der Waals surface area contributed by atoms with Crippen molar-refractivity contribution in [1.82, 2.24) is 5.43 Å². The molecule has 0 aliphatic heterocycles.